The molecule has 0 unspecified atom stereocenters. The van der Waals surface area contributed by atoms with E-state index in [1.807, 2.05) is 54.6 Å². The van der Waals surface area contributed by atoms with Crippen LogP contribution in [0, 0.1) is 6.92 Å². The van der Waals surface area contributed by atoms with Crippen molar-refractivity contribution < 1.29 is 4.79 Å². The number of fused-ring (bicyclic) bond motifs is 1. The zero-order valence-corrected chi connectivity index (χ0v) is 15.0. The van der Waals surface area contributed by atoms with E-state index in [0.29, 0.717) is 5.82 Å². The van der Waals surface area contributed by atoms with Crippen molar-refractivity contribution in [3.63, 3.8) is 0 Å². The summed E-state index contributed by atoms with van der Waals surface area (Å²) in [6.45, 7) is 2.05. The number of nitrogens with zero attached hydrogens (tertiary/aromatic N) is 2. The van der Waals surface area contributed by atoms with Crippen LogP contribution in [-0.4, -0.2) is 20.9 Å². The molecule has 5 nitrogen and oxygen atoms in total. The van der Waals surface area contributed by atoms with Crippen LogP contribution in [0.2, 0.25) is 0 Å². The predicted molar refractivity (Wildman–Crippen MR) is 105 cm³/mol. The smallest absolute Gasteiger partial charge is 0.228 e. The number of carbonyl (C=O) groups is 1. The molecule has 2 N–H and O–H groups in total. The molecular weight excluding hydrogens is 336 g/mol. The number of benzene rings is 2. The van der Waals surface area contributed by atoms with Gasteiger partial charge in [0.25, 0.3) is 0 Å². The van der Waals surface area contributed by atoms with Gasteiger partial charge in [-0.1, -0.05) is 36.4 Å². The Balaban J connectivity index is 1.59. The summed E-state index contributed by atoms with van der Waals surface area (Å²) in [5.74, 6) is 0.575. The van der Waals surface area contributed by atoms with Crippen LogP contribution in [0.25, 0.3) is 11.0 Å². The zero-order valence-electron chi connectivity index (χ0n) is 15.0. The maximum Gasteiger partial charge on any atom is 0.228 e. The van der Waals surface area contributed by atoms with Gasteiger partial charge in [-0.2, -0.15) is 0 Å². The lowest BCUT2D eigenvalue weighted by Crippen LogP contribution is -2.31. The van der Waals surface area contributed by atoms with Gasteiger partial charge in [-0.15, -0.1) is 0 Å². The second kappa shape index (κ2) is 7.41. The molecule has 0 saturated carbocycles. The number of aromatic nitrogens is 3. The molecule has 0 aliphatic heterocycles. The van der Waals surface area contributed by atoms with Crippen molar-refractivity contribution in [1.29, 1.82) is 0 Å². The molecule has 0 aliphatic rings. The van der Waals surface area contributed by atoms with Gasteiger partial charge in [-0.3, -0.25) is 9.78 Å². The monoisotopic (exact) mass is 356 g/mol. The van der Waals surface area contributed by atoms with Gasteiger partial charge in [0.2, 0.25) is 5.91 Å². The number of carbonyl (C=O) groups excluding carboxylic acids is 1. The third-order valence-corrected chi connectivity index (χ3v) is 4.61. The van der Waals surface area contributed by atoms with Crippen LogP contribution < -0.4 is 5.32 Å². The Morgan fingerprint density at radius 2 is 1.78 bits per heavy atom. The summed E-state index contributed by atoms with van der Waals surface area (Å²) in [6, 6.07) is 19.5. The average molecular weight is 356 g/mol. The van der Waals surface area contributed by atoms with Crippen molar-refractivity contribution >= 4 is 16.9 Å². The van der Waals surface area contributed by atoms with E-state index in [0.717, 1.165) is 27.7 Å². The number of aryl methyl sites for hydroxylation is 1. The number of rotatable bonds is 5. The molecular formula is C22H20N4O. The standard InChI is InChI=1S/C22H20N4O/c1-15-6-2-3-7-17(15)22(16-10-12-23-13-11-16)26-21(27)14-20-24-18-8-4-5-9-19(18)25-20/h2-13,22H,14H2,1H3,(H,24,25)(H,26,27)/t22-/m0/s1. The number of nitrogens with one attached hydrogen (secondary N) is 2. The fourth-order valence-electron chi connectivity index (χ4n) is 3.26. The highest BCUT2D eigenvalue weighted by atomic mass is 16.1. The molecule has 1 amide bonds. The van der Waals surface area contributed by atoms with Gasteiger partial charge in [-0.25, -0.2) is 4.98 Å². The maximum absolute atomic E-state index is 12.8. The van der Waals surface area contributed by atoms with E-state index < -0.39 is 0 Å². The molecule has 4 rings (SSSR count). The molecule has 0 fully saturated rings. The van der Waals surface area contributed by atoms with Crippen molar-refractivity contribution in [2.75, 3.05) is 0 Å². The second-order valence-electron chi connectivity index (χ2n) is 6.52. The Kier molecular flexibility index (Phi) is 4.66. The fraction of sp³-hybridized carbons (Fsp3) is 0.136. The summed E-state index contributed by atoms with van der Waals surface area (Å²) >= 11 is 0. The molecule has 0 spiro atoms. The van der Waals surface area contributed by atoms with Crippen LogP contribution in [0.1, 0.15) is 28.6 Å². The van der Waals surface area contributed by atoms with Gasteiger partial charge in [0.05, 0.1) is 23.5 Å². The summed E-state index contributed by atoms with van der Waals surface area (Å²) in [7, 11) is 0. The van der Waals surface area contributed by atoms with Crippen molar-refractivity contribution in [3.8, 4) is 0 Å². The first-order chi connectivity index (χ1) is 13.2. The first-order valence-electron chi connectivity index (χ1n) is 8.89. The molecule has 2 aromatic heterocycles. The Hall–Kier alpha value is -3.47. The van der Waals surface area contributed by atoms with E-state index in [9.17, 15) is 4.79 Å². The van der Waals surface area contributed by atoms with Crippen LogP contribution >= 0.6 is 0 Å². The number of para-hydroxylation sites is 2. The minimum absolute atomic E-state index is 0.0841. The molecule has 0 radical (unpaired) electrons. The molecule has 5 heteroatoms. The Labute approximate surface area is 157 Å². The number of amides is 1. The van der Waals surface area contributed by atoms with Gasteiger partial charge >= 0.3 is 0 Å². The number of hydrogen-bond acceptors (Lipinski definition) is 3. The van der Waals surface area contributed by atoms with E-state index in [2.05, 4.69) is 33.3 Å². The van der Waals surface area contributed by atoms with E-state index in [-0.39, 0.29) is 18.4 Å². The van der Waals surface area contributed by atoms with Crippen molar-refractivity contribution in [2.24, 2.45) is 0 Å². The van der Waals surface area contributed by atoms with E-state index in [1.165, 1.54) is 0 Å². The molecule has 4 aromatic rings. The summed E-state index contributed by atoms with van der Waals surface area (Å²) < 4.78 is 0. The molecule has 0 bridgehead atoms. The molecule has 27 heavy (non-hydrogen) atoms. The lowest BCUT2D eigenvalue weighted by molar-refractivity contribution is -0.121. The third-order valence-electron chi connectivity index (χ3n) is 4.61. The van der Waals surface area contributed by atoms with Crippen molar-refractivity contribution in [3.05, 3.63) is 95.6 Å². The Bertz CT molecular complexity index is 1040. The lowest BCUT2D eigenvalue weighted by Gasteiger charge is -2.21. The minimum atomic E-state index is -0.230. The van der Waals surface area contributed by atoms with Crippen LogP contribution in [-0.2, 0) is 11.2 Å². The number of pyridine rings is 1. The Morgan fingerprint density at radius 1 is 1.04 bits per heavy atom. The van der Waals surface area contributed by atoms with Crippen molar-refractivity contribution in [1.82, 2.24) is 20.3 Å². The SMILES string of the molecule is Cc1ccccc1[C@@H](NC(=O)Cc1nc2ccccc2[nH]1)c1ccncc1. The van der Waals surface area contributed by atoms with E-state index in [1.54, 1.807) is 12.4 Å². The largest absolute Gasteiger partial charge is 0.345 e. The molecule has 2 aromatic carbocycles. The topological polar surface area (TPSA) is 70.7 Å². The predicted octanol–water partition coefficient (Wildman–Crippen LogP) is 3.71. The lowest BCUT2D eigenvalue weighted by atomic mass is 9.95. The normalized spacial score (nSPS) is 12.0. The molecule has 2 heterocycles. The highest BCUT2D eigenvalue weighted by Crippen LogP contribution is 2.24. The Morgan fingerprint density at radius 3 is 2.56 bits per heavy atom. The molecule has 0 aliphatic carbocycles. The summed E-state index contributed by atoms with van der Waals surface area (Å²) in [4.78, 5) is 24.6. The number of H-pyrrole nitrogens is 1. The van der Waals surface area contributed by atoms with Gasteiger partial charge < -0.3 is 10.3 Å². The quantitative estimate of drug-likeness (QED) is 0.573. The van der Waals surface area contributed by atoms with Gasteiger partial charge in [0.1, 0.15) is 5.82 Å². The van der Waals surface area contributed by atoms with Gasteiger partial charge in [0.15, 0.2) is 0 Å². The van der Waals surface area contributed by atoms with Crippen molar-refractivity contribution in [2.45, 2.75) is 19.4 Å². The van der Waals surface area contributed by atoms with E-state index >= 15 is 0 Å². The van der Waals surface area contributed by atoms with Crippen LogP contribution in [0.4, 0.5) is 0 Å². The highest BCUT2D eigenvalue weighted by molar-refractivity contribution is 5.81. The minimum Gasteiger partial charge on any atom is -0.345 e. The summed E-state index contributed by atoms with van der Waals surface area (Å²) in [5, 5.41) is 3.16. The fourth-order valence-corrected chi connectivity index (χ4v) is 3.26. The van der Waals surface area contributed by atoms with Gasteiger partial charge in [0, 0.05) is 12.4 Å². The summed E-state index contributed by atoms with van der Waals surface area (Å²) in [6.07, 6.45) is 3.68. The first kappa shape index (κ1) is 17.0. The first-order valence-corrected chi connectivity index (χ1v) is 8.89. The average Bonchev–Trinajstić information content (AvgIpc) is 3.09. The van der Waals surface area contributed by atoms with Gasteiger partial charge in [-0.05, 0) is 47.9 Å². The summed E-state index contributed by atoms with van der Waals surface area (Å²) in [5.41, 5.74) is 5.00. The number of hydrogen-bond donors (Lipinski definition) is 2. The molecule has 1 atom stereocenters. The number of aromatic amines is 1. The third kappa shape index (κ3) is 3.72. The zero-order chi connectivity index (χ0) is 18.6. The highest BCUT2D eigenvalue weighted by Gasteiger charge is 2.19. The van der Waals surface area contributed by atoms with Crippen LogP contribution in [0.5, 0.6) is 0 Å². The maximum atomic E-state index is 12.8. The molecule has 134 valence electrons. The molecule has 0 saturated heterocycles. The number of imidazole rings is 1. The van der Waals surface area contributed by atoms with Crippen LogP contribution in [0.3, 0.4) is 0 Å². The van der Waals surface area contributed by atoms with Crippen LogP contribution in [0.15, 0.2) is 73.1 Å². The second-order valence-corrected chi connectivity index (χ2v) is 6.52. The van der Waals surface area contributed by atoms with E-state index in [4.69, 9.17) is 0 Å².